The maximum Gasteiger partial charge on any atom is 0.374 e. The number of nitrogens with zero attached hydrogens (tertiary/aromatic N) is 2. The molecular formula is C18H14N2O4S2. The quantitative estimate of drug-likeness (QED) is 0.297. The van der Waals surface area contributed by atoms with E-state index < -0.39 is 24.6 Å². The Kier molecular flexibility index (Phi) is 4.50. The second-order valence-corrected chi connectivity index (χ2v) is 9.32. The van der Waals surface area contributed by atoms with Gasteiger partial charge in [-0.15, -0.1) is 0 Å². The van der Waals surface area contributed by atoms with Gasteiger partial charge >= 0.3 is 5.55 Å². The largest absolute Gasteiger partial charge is 0.374 e. The maximum atomic E-state index is 13.3. The van der Waals surface area contributed by atoms with Crippen LogP contribution in [0.4, 0.5) is 0 Å². The second-order valence-electron chi connectivity index (χ2n) is 5.70. The molecule has 3 aromatic rings. The van der Waals surface area contributed by atoms with Crippen molar-refractivity contribution in [1.82, 2.24) is 0 Å². The molecule has 3 aromatic carbocycles. The Labute approximate surface area is 151 Å². The van der Waals surface area contributed by atoms with E-state index in [1.807, 2.05) is 6.92 Å². The lowest BCUT2D eigenvalue weighted by atomic mass is 10.1. The second kappa shape index (κ2) is 6.49. The van der Waals surface area contributed by atoms with Gasteiger partial charge in [-0.1, -0.05) is 48.0 Å². The van der Waals surface area contributed by atoms with Gasteiger partial charge in [0.2, 0.25) is 9.84 Å². The number of aryl methyl sites for hydroxylation is 1. The van der Waals surface area contributed by atoms with Gasteiger partial charge < -0.3 is 5.53 Å². The first-order chi connectivity index (χ1) is 12.3. The molecule has 8 heteroatoms. The van der Waals surface area contributed by atoms with Crippen molar-refractivity contribution in [2.24, 2.45) is 0 Å². The monoisotopic (exact) mass is 386 g/mol. The van der Waals surface area contributed by atoms with Crippen molar-refractivity contribution >= 4 is 36.0 Å². The molecule has 0 saturated carbocycles. The summed E-state index contributed by atoms with van der Waals surface area (Å²) in [5, 5.41) is 0.860. The van der Waals surface area contributed by atoms with Crippen molar-refractivity contribution in [3.8, 4) is 0 Å². The van der Waals surface area contributed by atoms with E-state index in [0.29, 0.717) is 10.9 Å². The molecule has 0 radical (unpaired) electrons. The summed E-state index contributed by atoms with van der Waals surface area (Å²) in [6.07, 6.45) is 0. The molecule has 0 atom stereocenters. The van der Waals surface area contributed by atoms with E-state index in [0.717, 1.165) is 5.56 Å². The van der Waals surface area contributed by atoms with Gasteiger partial charge in [-0.2, -0.15) is 4.79 Å². The lowest BCUT2D eigenvalue weighted by Gasteiger charge is -2.12. The number of hydrogen-bond acceptors (Lipinski definition) is 4. The molecular weight excluding hydrogens is 372 g/mol. The SMILES string of the molecule is Cc1ccc(S(=O)(=O)c2c(S(=O)(=O)C=[N+]=[N-])ccc3ccccc23)cc1. The maximum absolute atomic E-state index is 13.3. The molecule has 3 rings (SSSR count). The van der Waals surface area contributed by atoms with E-state index in [2.05, 4.69) is 4.79 Å². The lowest BCUT2D eigenvalue weighted by Crippen LogP contribution is -2.12. The number of fused-ring (bicyclic) bond motifs is 1. The summed E-state index contributed by atoms with van der Waals surface area (Å²) in [6, 6.07) is 15.5. The lowest BCUT2D eigenvalue weighted by molar-refractivity contribution is 0.00753. The summed E-state index contributed by atoms with van der Waals surface area (Å²) in [5.74, 6) is 0. The molecule has 0 N–H and O–H groups in total. The summed E-state index contributed by atoms with van der Waals surface area (Å²) in [6.45, 7) is 1.82. The standard InChI is InChI=1S/C18H14N2O4S2/c1-13-6-9-15(10-7-13)26(23,24)18-16-5-3-2-4-14(16)8-11-17(18)25(21,22)12-20-19/h2-12H,1H3. The van der Waals surface area contributed by atoms with Crippen molar-refractivity contribution in [3.63, 3.8) is 0 Å². The summed E-state index contributed by atoms with van der Waals surface area (Å²) < 4.78 is 51.4. The summed E-state index contributed by atoms with van der Waals surface area (Å²) in [4.78, 5) is 1.78. The minimum absolute atomic E-state index is 0.0168. The van der Waals surface area contributed by atoms with E-state index >= 15 is 0 Å². The van der Waals surface area contributed by atoms with Crippen molar-refractivity contribution in [2.75, 3.05) is 0 Å². The van der Waals surface area contributed by atoms with Gasteiger partial charge in [-0.3, -0.25) is 0 Å². The minimum Gasteiger partial charge on any atom is -0.361 e. The highest BCUT2D eigenvalue weighted by Crippen LogP contribution is 2.34. The van der Waals surface area contributed by atoms with Crippen molar-refractivity contribution in [3.05, 3.63) is 71.8 Å². The van der Waals surface area contributed by atoms with Crippen LogP contribution in [0.25, 0.3) is 16.3 Å². The summed E-state index contributed by atoms with van der Waals surface area (Å²) >= 11 is 0. The van der Waals surface area contributed by atoms with Crippen molar-refractivity contribution < 1.29 is 21.6 Å². The smallest absolute Gasteiger partial charge is 0.361 e. The Hall–Kier alpha value is -2.80. The van der Waals surface area contributed by atoms with Gasteiger partial charge in [-0.05, 0) is 30.5 Å². The van der Waals surface area contributed by atoms with Gasteiger partial charge in [0.1, 0.15) is 0 Å². The highest BCUT2D eigenvalue weighted by atomic mass is 32.2. The molecule has 0 saturated heterocycles. The molecule has 0 unspecified atom stereocenters. The zero-order valence-corrected chi connectivity index (χ0v) is 15.3. The van der Waals surface area contributed by atoms with Crippen LogP contribution in [0.15, 0.2) is 75.4 Å². The van der Waals surface area contributed by atoms with Crippen LogP contribution in [-0.2, 0) is 19.7 Å². The third-order valence-corrected chi connectivity index (χ3v) is 7.26. The van der Waals surface area contributed by atoms with Crippen LogP contribution in [0.3, 0.4) is 0 Å². The minimum atomic E-state index is -4.25. The Morgan fingerprint density at radius 1 is 0.885 bits per heavy atom. The Morgan fingerprint density at radius 2 is 1.54 bits per heavy atom. The molecule has 26 heavy (non-hydrogen) atoms. The molecule has 0 aliphatic heterocycles. The first kappa shape index (κ1) is 18.0. The topological polar surface area (TPSA) is 105 Å². The molecule has 6 nitrogen and oxygen atoms in total. The van der Waals surface area contributed by atoms with Crippen LogP contribution in [0, 0.1) is 6.92 Å². The predicted octanol–water partition coefficient (Wildman–Crippen LogP) is 3.01. The zero-order chi connectivity index (χ0) is 18.9. The number of sulfone groups is 2. The van der Waals surface area contributed by atoms with Crippen LogP contribution in [0.5, 0.6) is 0 Å². The Balaban J connectivity index is 2.47. The molecule has 0 amide bonds. The fourth-order valence-electron chi connectivity index (χ4n) is 2.68. The number of benzene rings is 3. The van der Waals surface area contributed by atoms with E-state index in [9.17, 15) is 16.8 Å². The fourth-order valence-corrected chi connectivity index (χ4v) is 5.76. The predicted molar refractivity (Wildman–Crippen MR) is 97.4 cm³/mol. The van der Waals surface area contributed by atoms with Crippen molar-refractivity contribution in [1.29, 1.82) is 0 Å². The highest BCUT2D eigenvalue weighted by molar-refractivity contribution is 8.04. The third kappa shape index (κ3) is 3.06. The fraction of sp³-hybridized carbons (Fsp3) is 0.0556. The Morgan fingerprint density at radius 3 is 2.19 bits per heavy atom. The van der Waals surface area contributed by atoms with E-state index in [4.69, 9.17) is 5.53 Å². The van der Waals surface area contributed by atoms with Gasteiger partial charge in [0, 0.05) is 5.39 Å². The number of hydrogen-bond donors (Lipinski definition) is 0. The van der Waals surface area contributed by atoms with Crippen LogP contribution >= 0.6 is 0 Å². The summed E-state index contributed by atoms with van der Waals surface area (Å²) in [5.41, 5.74) is 9.86. The first-order valence-electron chi connectivity index (χ1n) is 7.53. The molecule has 132 valence electrons. The van der Waals surface area contributed by atoms with Gasteiger partial charge in [0.25, 0.3) is 9.84 Å². The van der Waals surface area contributed by atoms with Gasteiger partial charge in [0.05, 0.1) is 14.7 Å². The number of rotatable bonds is 4. The average molecular weight is 386 g/mol. The molecule has 0 bridgehead atoms. The van der Waals surface area contributed by atoms with E-state index in [1.165, 1.54) is 24.3 Å². The van der Waals surface area contributed by atoms with Gasteiger partial charge in [0.15, 0.2) is 0 Å². The zero-order valence-electron chi connectivity index (χ0n) is 13.7. The van der Waals surface area contributed by atoms with Crippen LogP contribution in [0.2, 0.25) is 0 Å². The van der Waals surface area contributed by atoms with E-state index in [-0.39, 0.29) is 15.2 Å². The molecule has 0 spiro atoms. The molecule has 0 fully saturated rings. The van der Waals surface area contributed by atoms with Gasteiger partial charge in [-0.25, -0.2) is 16.8 Å². The van der Waals surface area contributed by atoms with Crippen molar-refractivity contribution in [2.45, 2.75) is 21.6 Å². The van der Waals surface area contributed by atoms with Crippen LogP contribution in [0.1, 0.15) is 5.56 Å². The Bertz CT molecular complexity index is 1260. The molecule has 0 heterocycles. The third-order valence-electron chi connectivity index (χ3n) is 3.94. The average Bonchev–Trinajstić information content (AvgIpc) is 2.61. The molecule has 0 aliphatic carbocycles. The highest BCUT2D eigenvalue weighted by Gasteiger charge is 2.31. The molecule has 0 aromatic heterocycles. The van der Waals surface area contributed by atoms with E-state index in [1.54, 1.807) is 36.4 Å². The molecule has 0 aliphatic rings. The van der Waals surface area contributed by atoms with Crippen LogP contribution in [-0.4, -0.2) is 27.2 Å². The normalized spacial score (nSPS) is 11.9. The summed E-state index contributed by atoms with van der Waals surface area (Å²) in [7, 11) is -8.39. The van der Waals surface area contributed by atoms with Crippen LogP contribution < -0.4 is 0 Å². The first-order valence-corrected chi connectivity index (χ1v) is 10.6.